The fraction of sp³-hybridized carbons (Fsp3) is 0.0698. The zero-order valence-electron chi connectivity index (χ0n) is 25.6. The van der Waals surface area contributed by atoms with Gasteiger partial charge in [0.1, 0.15) is 0 Å². The van der Waals surface area contributed by atoms with Gasteiger partial charge in [-0.15, -0.1) is 11.3 Å². The van der Waals surface area contributed by atoms with Crippen LogP contribution in [0.1, 0.15) is 25.0 Å². The lowest BCUT2D eigenvalue weighted by Gasteiger charge is -2.29. The van der Waals surface area contributed by atoms with E-state index in [0.717, 1.165) is 16.4 Å². The molecule has 1 heterocycles. The summed E-state index contributed by atoms with van der Waals surface area (Å²) in [6.07, 6.45) is 0. The van der Waals surface area contributed by atoms with Crippen LogP contribution in [0.15, 0.2) is 146 Å². The topological polar surface area (TPSA) is 3.24 Å². The molecule has 0 amide bonds. The molecule has 1 nitrogen and oxygen atoms in total. The van der Waals surface area contributed by atoms with E-state index in [9.17, 15) is 0 Å². The Morgan fingerprint density at radius 3 is 2.22 bits per heavy atom. The number of hydrogen-bond donors (Lipinski definition) is 0. The highest BCUT2D eigenvalue weighted by atomic mass is 35.5. The first-order valence-corrected chi connectivity index (χ1v) is 16.9. The second kappa shape index (κ2) is 10.3. The molecule has 1 aromatic heterocycles. The number of benzene rings is 7. The van der Waals surface area contributed by atoms with Crippen LogP contribution in [0.3, 0.4) is 0 Å². The second-order valence-corrected chi connectivity index (χ2v) is 14.2. The first-order chi connectivity index (χ1) is 22.5. The van der Waals surface area contributed by atoms with Crippen LogP contribution in [0, 0.1) is 0 Å². The van der Waals surface area contributed by atoms with Gasteiger partial charge in [0, 0.05) is 47.4 Å². The minimum absolute atomic E-state index is 0.101. The first kappa shape index (κ1) is 27.4. The monoisotopic (exact) mass is 627 g/mol. The lowest BCUT2D eigenvalue weighted by molar-refractivity contribution is 0.660. The van der Waals surface area contributed by atoms with Crippen molar-refractivity contribution < 1.29 is 0 Å². The lowest BCUT2D eigenvalue weighted by Crippen LogP contribution is -2.16. The standard InChI is InChI=1S/C43H30ClNS/c1-43(2)37-16-7-6-15-33(37)34-22-20-32(26-38(34)43)45(31-14-8-13-29(24-31)27-10-4-3-5-11-27)39-17-9-12-28-18-21-35-36-25-30(44)19-23-40(36)46-42(35)41(28)39/h3-26H,1-2H3. The Bertz CT molecular complexity index is 2470. The van der Waals surface area contributed by atoms with Crippen LogP contribution in [0.25, 0.3) is 53.2 Å². The zero-order valence-corrected chi connectivity index (χ0v) is 27.2. The molecule has 0 N–H and O–H groups in total. The SMILES string of the molecule is CC1(C)c2ccccc2-c2ccc(N(c3cccc(-c4ccccc4)c3)c3cccc4ccc5c6cc(Cl)ccc6sc5c34)cc21. The Morgan fingerprint density at radius 2 is 1.33 bits per heavy atom. The summed E-state index contributed by atoms with van der Waals surface area (Å²) in [5, 5.41) is 5.69. The van der Waals surface area contributed by atoms with Crippen LogP contribution in [0.4, 0.5) is 17.1 Å². The van der Waals surface area contributed by atoms with Crippen molar-refractivity contribution in [2.75, 3.05) is 4.90 Å². The fourth-order valence-corrected chi connectivity index (χ4v) is 8.88. The summed E-state index contributed by atoms with van der Waals surface area (Å²) in [5.74, 6) is 0. The van der Waals surface area contributed by atoms with Crippen molar-refractivity contribution in [1.29, 1.82) is 0 Å². The summed E-state index contributed by atoms with van der Waals surface area (Å²) in [4.78, 5) is 2.46. The lowest BCUT2D eigenvalue weighted by atomic mass is 9.82. The molecule has 0 saturated carbocycles. The number of rotatable bonds is 4. The molecular weight excluding hydrogens is 598 g/mol. The van der Waals surface area contributed by atoms with Crippen LogP contribution in [-0.4, -0.2) is 0 Å². The number of thiophene rings is 1. The molecule has 3 heteroatoms. The molecule has 0 atom stereocenters. The third kappa shape index (κ3) is 4.14. The van der Waals surface area contributed by atoms with Crippen LogP contribution in [0.2, 0.25) is 5.02 Å². The van der Waals surface area contributed by atoms with Crippen molar-refractivity contribution >= 4 is 70.9 Å². The molecule has 9 rings (SSSR count). The second-order valence-electron chi connectivity index (χ2n) is 12.7. The highest BCUT2D eigenvalue weighted by Crippen LogP contribution is 2.52. The van der Waals surface area contributed by atoms with Gasteiger partial charge in [0.25, 0.3) is 0 Å². The Kier molecular flexibility index (Phi) is 6.15. The van der Waals surface area contributed by atoms with Gasteiger partial charge in [-0.3, -0.25) is 0 Å². The van der Waals surface area contributed by atoms with E-state index < -0.39 is 0 Å². The molecule has 0 saturated heterocycles. The Morgan fingerprint density at radius 1 is 0.565 bits per heavy atom. The smallest absolute Gasteiger partial charge is 0.0554 e. The summed E-state index contributed by atoms with van der Waals surface area (Å²) >= 11 is 8.35. The van der Waals surface area contributed by atoms with E-state index in [-0.39, 0.29) is 5.41 Å². The molecule has 0 unspecified atom stereocenters. The van der Waals surface area contributed by atoms with Gasteiger partial charge in [0.2, 0.25) is 0 Å². The van der Waals surface area contributed by atoms with Crippen molar-refractivity contribution in [3.63, 3.8) is 0 Å². The van der Waals surface area contributed by atoms with Gasteiger partial charge in [-0.1, -0.05) is 123 Å². The molecule has 7 aromatic carbocycles. The van der Waals surface area contributed by atoms with E-state index in [1.165, 1.54) is 70.0 Å². The van der Waals surface area contributed by atoms with Gasteiger partial charge in [-0.2, -0.15) is 0 Å². The first-order valence-electron chi connectivity index (χ1n) is 15.7. The summed E-state index contributed by atoms with van der Waals surface area (Å²) in [6, 6.07) is 53.0. The maximum atomic E-state index is 6.50. The minimum Gasteiger partial charge on any atom is -0.310 e. The van der Waals surface area contributed by atoms with Crippen LogP contribution in [0.5, 0.6) is 0 Å². The van der Waals surface area contributed by atoms with Gasteiger partial charge in [0.15, 0.2) is 0 Å². The largest absolute Gasteiger partial charge is 0.310 e. The number of halogens is 1. The van der Waals surface area contributed by atoms with E-state index in [4.69, 9.17) is 11.6 Å². The molecule has 0 fully saturated rings. The molecule has 1 aliphatic rings. The Labute approximate surface area is 277 Å². The van der Waals surface area contributed by atoms with E-state index in [1.807, 2.05) is 17.4 Å². The average molecular weight is 628 g/mol. The molecule has 220 valence electrons. The number of nitrogens with zero attached hydrogens (tertiary/aromatic N) is 1. The van der Waals surface area contributed by atoms with Crippen molar-refractivity contribution in [3.05, 3.63) is 162 Å². The average Bonchev–Trinajstić information content (AvgIpc) is 3.57. The van der Waals surface area contributed by atoms with Gasteiger partial charge < -0.3 is 4.90 Å². The molecule has 0 bridgehead atoms. The molecule has 0 radical (unpaired) electrons. The Hall–Kier alpha value is -4.89. The minimum atomic E-state index is -0.101. The number of anilines is 3. The van der Waals surface area contributed by atoms with E-state index in [2.05, 4.69) is 158 Å². The highest BCUT2D eigenvalue weighted by Gasteiger charge is 2.35. The van der Waals surface area contributed by atoms with Crippen molar-refractivity contribution in [2.45, 2.75) is 19.3 Å². The summed E-state index contributed by atoms with van der Waals surface area (Å²) in [7, 11) is 0. The summed E-state index contributed by atoms with van der Waals surface area (Å²) in [6.45, 7) is 4.71. The number of fused-ring (bicyclic) bond motifs is 8. The molecule has 0 spiro atoms. The van der Waals surface area contributed by atoms with Crippen LogP contribution >= 0.6 is 22.9 Å². The molecule has 0 aliphatic heterocycles. The third-order valence-corrected chi connectivity index (χ3v) is 11.1. The molecule has 46 heavy (non-hydrogen) atoms. The van der Waals surface area contributed by atoms with E-state index in [0.29, 0.717) is 0 Å². The molecule has 8 aromatic rings. The Balaban J connectivity index is 1.33. The molecular formula is C43H30ClNS. The van der Waals surface area contributed by atoms with E-state index in [1.54, 1.807) is 0 Å². The fourth-order valence-electron chi connectivity index (χ4n) is 7.46. The predicted octanol–water partition coefficient (Wildman–Crippen LogP) is 13.3. The van der Waals surface area contributed by atoms with Gasteiger partial charge in [0.05, 0.1) is 5.69 Å². The van der Waals surface area contributed by atoms with E-state index >= 15 is 0 Å². The quantitative estimate of drug-likeness (QED) is 0.188. The van der Waals surface area contributed by atoms with Crippen LogP contribution < -0.4 is 4.90 Å². The highest BCUT2D eigenvalue weighted by molar-refractivity contribution is 7.26. The third-order valence-electron chi connectivity index (χ3n) is 9.70. The van der Waals surface area contributed by atoms with Crippen molar-refractivity contribution in [1.82, 2.24) is 0 Å². The predicted molar refractivity (Wildman–Crippen MR) is 200 cm³/mol. The maximum Gasteiger partial charge on any atom is 0.0554 e. The van der Waals surface area contributed by atoms with Crippen molar-refractivity contribution in [3.8, 4) is 22.3 Å². The summed E-state index contributed by atoms with van der Waals surface area (Å²) < 4.78 is 2.53. The van der Waals surface area contributed by atoms with Gasteiger partial charge in [-0.05, 0) is 87.3 Å². The van der Waals surface area contributed by atoms with Gasteiger partial charge in [-0.25, -0.2) is 0 Å². The van der Waals surface area contributed by atoms with Crippen molar-refractivity contribution in [2.24, 2.45) is 0 Å². The zero-order chi connectivity index (χ0) is 31.0. The van der Waals surface area contributed by atoms with Crippen LogP contribution in [-0.2, 0) is 5.41 Å². The summed E-state index contributed by atoms with van der Waals surface area (Å²) in [5.41, 5.74) is 11.1. The normalized spacial score (nSPS) is 13.3. The maximum absolute atomic E-state index is 6.50. The molecule has 1 aliphatic carbocycles. The number of hydrogen-bond acceptors (Lipinski definition) is 2. The van der Waals surface area contributed by atoms with Gasteiger partial charge >= 0.3 is 0 Å².